The molecule has 0 aromatic heterocycles. The van der Waals surface area contributed by atoms with Crippen molar-refractivity contribution in [3.8, 4) is 0 Å². The largest absolute Gasteiger partial charge is 0.449 e. The highest BCUT2D eigenvalue weighted by atomic mass is 19.4. The van der Waals surface area contributed by atoms with Gasteiger partial charge in [0.05, 0.1) is 6.04 Å². The van der Waals surface area contributed by atoms with Gasteiger partial charge in [0, 0.05) is 19.6 Å². The zero-order valence-corrected chi connectivity index (χ0v) is 16.1. The number of rotatable bonds is 2. The average molecular weight is 398 g/mol. The molecule has 0 spiro atoms. The Kier molecular flexibility index (Phi) is 5.98. The molecule has 1 saturated heterocycles. The molecule has 1 aromatic rings. The van der Waals surface area contributed by atoms with Gasteiger partial charge in [-0.25, -0.2) is 4.79 Å². The van der Waals surface area contributed by atoms with Crippen molar-refractivity contribution < 1.29 is 27.5 Å². The smallest absolute Gasteiger partial charge is 0.422 e. The first-order valence-electron chi connectivity index (χ1n) is 9.49. The lowest BCUT2D eigenvalue weighted by Crippen LogP contribution is -2.45. The minimum Gasteiger partial charge on any atom is -0.449 e. The molecule has 154 valence electrons. The Labute approximate surface area is 162 Å². The molecule has 2 aliphatic rings. The van der Waals surface area contributed by atoms with Crippen LogP contribution in [0.4, 0.5) is 13.2 Å². The van der Waals surface area contributed by atoms with Gasteiger partial charge in [-0.1, -0.05) is 25.1 Å². The number of halogens is 3. The van der Waals surface area contributed by atoms with Gasteiger partial charge >= 0.3 is 18.1 Å². The number of benzene rings is 1. The van der Waals surface area contributed by atoms with Crippen LogP contribution in [0.1, 0.15) is 42.5 Å². The molecule has 1 aromatic carbocycles. The number of ether oxygens (including phenoxy) is 1. The monoisotopic (exact) mass is 398 g/mol. The molecule has 1 unspecified atom stereocenters. The van der Waals surface area contributed by atoms with E-state index in [4.69, 9.17) is 0 Å². The van der Waals surface area contributed by atoms with E-state index in [1.54, 1.807) is 0 Å². The maximum absolute atomic E-state index is 12.6. The molecule has 1 fully saturated rings. The molecule has 0 saturated carbocycles. The van der Waals surface area contributed by atoms with E-state index in [1.165, 1.54) is 16.0 Å². The Hall–Kier alpha value is -2.09. The van der Waals surface area contributed by atoms with E-state index in [1.807, 2.05) is 20.0 Å². The number of nitrogens with zero attached hydrogens (tertiary/aromatic N) is 2. The molecule has 2 aliphatic heterocycles. The highest BCUT2D eigenvalue weighted by Gasteiger charge is 2.37. The maximum atomic E-state index is 12.6. The number of hydrogen-bond acceptors (Lipinski definition) is 4. The zero-order chi connectivity index (χ0) is 20.5. The van der Waals surface area contributed by atoms with Gasteiger partial charge in [-0.3, -0.25) is 4.79 Å². The molecule has 3 rings (SSSR count). The van der Waals surface area contributed by atoms with Gasteiger partial charge < -0.3 is 14.5 Å². The number of carbonyl (C=O) groups is 2. The van der Waals surface area contributed by atoms with Crippen LogP contribution in [0.2, 0.25) is 0 Å². The lowest BCUT2D eigenvalue weighted by Gasteiger charge is -2.39. The maximum Gasteiger partial charge on any atom is 0.422 e. The SMILES string of the molecule is C[C@H]1CCC(c2ccc3c(c2)CN(C)CC3)N(C(=O)C(=O)OCC(F)(F)F)C1. The standard InChI is InChI=1S/C20H25F3N2O3/c1-13-3-6-17(15-5-4-14-7-8-24(2)11-16(14)9-15)25(10-13)18(26)19(27)28-12-20(21,22)23/h4-5,9,13,17H,3,6-8,10-12H2,1-2H3/t13-,17?/m0/s1. The normalized spacial score (nSPS) is 23.2. The number of fused-ring (bicyclic) bond motifs is 1. The van der Waals surface area contributed by atoms with Crippen LogP contribution in [0.25, 0.3) is 0 Å². The van der Waals surface area contributed by atoms with E-state index < -0.39 is 24.7 Å². The van der Waals surface area contributed by atoms with Crippen LogP contribution in [0.3, 0.4) is 0 Å². The van der Waals surface area contributed by atoms with Crippen molar-refractivity contribution in [1.29, 1.82) is 0 Å². The lowest BCUT2D eigenvalue weighted by atomic mass is 9.87. The summed E-state index contributed by atoms with van der Waals surface area (Å²) in [7, 11) is 2.05. The number of esters is 1. The molecule has 2 heterocycles. The second-order valence-corrected chi connectivity index (χ2v) is 7.86. The summed E-state index contributed by atoms with van der Waals surface area (Å²) < 4.78 is 41.1. The van der Waals surface area contributed by atoms with E-state index >= 15 is 0 Å². The topological polar surface area (TPSA) is 49.9 Å². The van der Waals surface area contributed by atoms with Crippen molar-refractivity contribution in [2.24, 2.45) is 5.92 Å². The third kappa shape index (κ3) is 4.84. The van der Waals surface area contributed by atoms with Crippen molar-refractivity contribution in [1.82, 2.24) is 9.80 Å². The van der Waals surface area contributed by atoms with Gasteiger partial charge in [0.2, 0.25) is 0 Å². The summed E-state index contributed by atoms with van der Waals surface area (Å²) in [5.41, 5.74) is 3.38. The summed E-state index contributed by atoms with van der Waals surface area (Å²) in [5.74, 6) is -2.29. The lowest BCUT2D eigenvalue weighted by molar-refractivity contribution is -0.190. The average Bonchev–Trinajstić information content (AvgIpc) is 2.64. The van der Waals surface area contributed by atoms with Crippen LogP contribution in [0.5, 0.6) is 0 Å². The number of amides is 1. The number of alkyl halides is 3. The van der Waals surface area contributed by atoms with Crippen LogP contribution >= 0.6 is 0 Å². The van der Waals surface area contributed by atoms with E-state index in [0.29, 0.717) is 13.0 Å². The Bertz CT molecular complexity index is 751. The predicted octanol–water partition coefficient (Wildman–Crippen LogP) is 3.08. The van der Waals surface area contributed by atoms with E-state index in [0.717, 1.165) is 31.5 Å². The van der Waals surface area contributed by atoms with Crippen LogP contribution in [0.15, 0.2) is 18.2 Å². The van der Waals surface area contributed by atoms with Crippen molar-refractivity contribution in [3.05, 3.63) is 34.9 Å². The first kappa shape index (κ1) is 20.6. The van der Waals surface area contributed by atoms with Crippen LogP contribution in [-0.4, -0.2) is 54.6 Å². The van der Waals surface area contributed by atoms with Gasteiger partial charge in [0.15, 0.2) is 6.61 Å². The van der Waals surface area contributed by atoms with Gasteiger partial charge in [0.25, 0.3) is 0 Å². The quantitative estimate of drug-likeness (QED) is 0.568. The van der Waals surface area contributed by atoms with Gasteiger partial charge in [-0.15, -0.1) is 0 Å². The van der Waals surface area contributed by atoms with Gasteiger partial charge in [-0.2, -0.15) is 13.2 Å². The molecular weight excluding hydrogens is 373 g/mol. The Balaban J connectivity index is 1.80. The van der Waals surface area contributed by atoms with Crippen molar-refractivity contribution in [2.45, 2.75) is 44.9 Å². The molecule has 0 N–H and O–H groups in total. The van der Waals surface area contributed by atoms with Crippen LogP contribution < -0.4 is 0 Å². The highest BCUT2D eigenvalue weighted by Crippen LogP contribution is 2.35. The van der Waals surface area contributed by atoms with E-state index in [9.17, 15) is 22.8 Å². The molecule has 8 heteroatoms. The fourth-order valence-corrected chi connectivity index (χ4v) is 3.98. The first-order valence-corrected chi connectivity index (χ1v) is 9.49. The van der Waals surface area contributed by atoms with Crippen LogP contribution in [-0.2, 0) is 27.3 Å². The molecule has 1 amide bonds. The highest BCUT2D eigenvalue weighted by molar-refractivity contribution is 6.32. The zero-order valence-electron chi connectivity index (χ0n) is 16.1. The fraction of sp³-hybridized carbons (Fsp3) is 0.600. The summed E-state index contributed by atoms with van der Waals surface area (Å²) in [6, 6.07) is 5.75. The summed E-state index contributed by atoms with van der Waals surface area (Å²) >= 11 is 0. The van der Waals surface area contributed by atoms with Crippen LogP contribution in [0, 0.1) is 5.92 Å². The minimum absolute atomic E-state index is 0.166. The summed E-state index contributed by atoms with van der Waals surface area (Å²) in [5, 5.41) is 0. The van der Waals surface area contributed by atoms with Crippen molar-refractivity contribution in [3.63, 3.8) is 0 Å². The molecule has 2 atom stereocenters. The number of carbonyl (C=O) groups excluding carboxylic acids is 2. The second-order valence-electron chi connectivity index (χ2n) is 7.86. The molecule has 5 nitrogen and oxygen atoms in total. The van der Waals surface area contributed by atoms with E-state index in [2.05, 4.69) is 21.8 Å². The number of piperidine rings is 1. The molecule has 0 bridgehead atoms. The van der Waals surface area contributed by atoms with Crippen molar-refractivity contribution in [2.75, 3.05) is 26.7 Å². The Morgan fingerprint density at radius 1 is 1.21 bits per heavy atom. The predicted molar refractivity (Wildman–Crippen MR) is 96.3 cm³/mol. The molecule has 0 aliphatic carbocycles. The Morgan fingerprint density at radius 3 is 2.68 bits per heavy atom. The molecular formula is C20H25F3N2O3. The Morgan fingerprint density at radius 2 is 1.96 bits per heavy atom. The third-order valence-electron chi connectivity index (χ3n) is 5.44. The minimum atomic E-state index is -4.66. The fourth-order valence-electron chi connectivity index (χ4n) is 3.98. The summed E-state index contributed by atoms with van der Waals surface area (Å²) in [4.78, 5) is 28.1. The van der Waals surface area contributed by atoms with Crippen molar-refractivity contribution >= 4 is 11.9 Å². The van der Waals surface area contributed by atoms with Gasteiger partial charge in [-0.05, 0) is 48.9 Å². The van der Waals surface area contributed by atoms with Gasteiger partial charge in [0.1, 0.15) is 0 Å². The third-order valence-corrected chi connectivity index (χ3v) is 5.44. The number of hydrogen-bond donors (Lipinski definition) is 0. The van der Waals surface area contributed by atoms with E-state index in [-0.39, 0.29) is 12.0 Å². The summed E-state index contributed by atoms with van der Waals surface area (Å²) in [6.07, 6.45) is -2.16. The summed E-state index contributed by atoms with van der Waals surface area (Å²) in [6.45, 7) is 2.33. The molecule has 28 heavy (non-hydrogen) atoms. The second kappa shape index (κ2) is 8.11. The number of likely N-dealkylation sites (N-methyl/N-ethyl adjacent to an activating group) is 1. The first-order chi connectivity index (χ1) is 13.1. The molecule has 0 radical (unpaired) electrons. The number of likely N-dealkylation sites (tertiary alicyclic amines) is 1.